The summed E-state index contributed by atoms with van der Waals surface area (Å²) >= 11 is 1.53. The molecule has 1 aliphatic heterocycles. The van der Waals surface area contributed by atoms with E-state index >= 15 is 0 Å². The maximum atomic E-state index is 5.79. The molecule has 0 aromatic carbocycles. The second-order valence-electron chi connectivity index (χ2n) is 3.50. The highest BCUT2D eigenvalue weighted by molar-refractivity contribution is 7.13. The quantitative estimate of drug-likeness (QED) is 0.785. The number of anilines is 1. The molecule has 0 spiro atoms. The maximum Gasteiger partial charge on any atom is 0.110 e. The first kappa shape index (κ1) is 8.97. The van der Waals surface area contributed by atoms with Gasteiger partial charge in [0.25, 0.3) is 0 Å². The molecular weight excluding hydrogens is 182 g/mol. The van der Waals surface area contributed by atoms with Crippen LogP contribution in [0.5, 0.6) is 0 Å². The van der Waals surface area contributed by atoms with E-state index in [4.69, 9.17) is 5.73 Å². The summed E-state index contributed by atoms with van der Waals surface area (Å²) in [6, 6.07) is 0. The lowest BCUT2D eigenvalue weighted by molar-refractivity contribution is 0.219. The predicted molar refractivity (Wildman–Crippen MR) is 55.7 cm³/mol. The Morgan fingerprint density at radius 3 is 2.77 bits per heavy atom. The molecule has 2 heterocycles. The average Bonchev–Trinajstić information content (AvgIpc) is 2.54. The summed E-state index contributed by atoms with van der Waals surface area (Å²) < 4.78 is 0. The molecule has 2 N–H and O–H groups in total. The summed E-state index contributed by atoms with van der Waals surface area (Å²) in [6.07, 6.45) is 4.02. The van der Waals surface area contributed by atoms with E-state index in [0.29, 0.717) is 0 Å². The Balaban J connectivity index is 1.93. The van der Waals surface area contributed by atoms with Gasteiger partial charge in [-0.2, -0.15) is 0 Å². The predicted octanol–water partition coefficient (Wildman–Crippen LogP) is 1.71. The van der Waals surface area contributed by atoms with Crippen LogP contribution in [0, 0.1) is 0 Å². The molecule has 0 saturated carbocycles. The van der Waals surface area contributed by atoms with Crippen LogP contribution in [0.25, 0.3) is 0 Å². The van der Waals surface area contributed by atoms with Crippen molar-refractivity contribution in [3.05, 3.63) is 11.2 Å². The van der Waals surface area contributed by atoms with E-state index in [1.165, 1.54) is 43.7 Å². The van der Waals surface area contributed by atoms with Gasteiger partial charge in [0.1, 0.15) is 5.00 Å². The fraction of sp³-hybridized carbons (Fsp3) is 0.667. The second-order valence-corrected chi connectivity index (χ2v) is 4.39. The highest BCUT2D eigenvalue weighted by Crippen LogP contribution is 2.19. The fourth-order valence-corrected chi connectivity index (χ4v) is 2.27. The van der Waals surface area contributed by atoms with Gasteiger partial charge in [-0.25, -0.2) is 4.98 Å². The van der Waals surface area contributed by atoms with Crippen LogP contribution in [-0.2, 0) is 6.54 Å². The Morgan fingerprint density at radius 2 is 2.15 bits per heavy atom. The van der Waals surface area contributed by atoms with Crippen molar-refractivity contribution in [2.24, 2.45) is 0 Å². The first-order valence-electron chi connectivity index (χ1n) is 4.76. The van der Waals surface area contributed by atoms with Crippen LogP contribution in [0.4, 0.5) is 5.00 Å². The van der Waals surface area contributed by atoms with Gasteiger partial charge in [-0.1, -0.05) is 6.42 Å². The number of aromatic nitrogens is 1. The topological polar surface area (TPSA) is 42.1 Å². The summed E-state index contributed by atoms with van der Waals surface area (Å²) in [5.41, 5.74) is 8.68. The van der Waals surface area contributed by atoms with E-state index in [1.54, 1.807) is 0 Å². The summed E-state index contributed by atoms with van der Waals surface area (Å²) in [5.74, 6) is 0. The number of nitrogens with zero attached hydrogens (tertiary/aromatic N) is 2. The van der Waals surface area contributed by atoms with Crippen LogP contribution in [0.3, 0.4) is 0 Å². The summed E-state index contributed by atoms with van der Waals surface area (Å²) in [6.45, 7) is 3.35. The minimum Gasteiger partial charge on any atom is -0.389 e. The van der Waals surface area contributed by atoms with Crippen LogP contribution < -0.4 is 5.73 Å². The van der Waals surface area contributed by atoms with Crippen LogP contribution in [0.2, 0.25) is 0 Å². The molecule has 72 valence electrons. The molecule has 13 heavy (non-hydrogen) atoms. The molecule has 0 aliphatic carbocycles. The Morgan fingerprint density at radius 1 is 1.38 bits per heavy atom. The van der Waals surface area contributed by atoms with Gasteiger partial charge in [0.15, 0.2) is 0 Å². The molecule has 1 aromatic rings. The van der Waals surface area contributed by atoms with Crippen molar-refractivity contribution in [3.63, 3.8) is 0 Å². The molecule has 3 nitrogen and oxygen atoms in total. The van der Waals surface area contributed by atoms with Crippen LogP contribution in [0.15, 0.2) is 5.51 Å². The van der Waals surface area contributed by atoms with Crippen molar-refractivity contribution < 1.29 is 0 Å². The third-order valence-corrected chi connectivity index (χ3v) is 3.20. The SMILES string of the molecule is Nc1scnc1CN1CCCCC1. The number of thiazole rings is 1. The van der Waals surface area contributed by atoms with E-state index in [2.05, 4.69) is 9.88 Å². The normalized spacial score (nSPS) is 19.1. The lowest BCUT2D eigenvalue weighted by atomic mass is 10.1. The van der Waals surface area contributed by atoms with Gasteiger partial charge >= 0.3 is 0 Å². The number of rotatable bonds is 2. The Labute approximate surface area is 82.6 Å². The molecule has 0 atom stereocenters. The fourth-order valence-electron chi connectivity index (χ4n) is 1.73. The molecule has 0 radical (unpaired) electrons. The minimum absolute atomic E-state index is 0.880. The third kappa shape index (κ3) is 2.19. The molecule has 4 heteroatoms. The molecule has 1 fully saturated rings. The highest BCUT2D eigenvalue weighted by Gasteiger charge is 2.12. The van der Waals surface area contributed by atoms with Gasteiger partial charge in [-0.05, 0) is 25.9 Å². The van der Waals surface area contributed by atoms with Crippen molar-refractivity contribution in [3.8, 4) is 0 Å². The van der Waals surface area contributed by atoms with Gasteiger partial charge in [-0.15, -0.1) is 11.3 Å². The van der Waals surface area contributed by atoms with Gasteiger partial charge < -0.3 is 5.73 Å². The van der Waals surface area contributed by atoms with Gasteiger partial charge in [0, 0.05) is 6.54 Å². The van der Waals surface area contributed by atoms with Crippen LogP contribution in [-0.4, -0.2) is 23.0 Å². The third-order valence-electron chi connectivity index (χ3n) is 2.49. The Bertz CT molecular complexity index is 266. The Hall–Kier alpha value is -0.610. The first-order chi connectivity index (χ1) is 6.36. The van der Waals surface area contributed by atoms with Gasteiger partial charge in [-0.3, -0.25) is 4.90 Å². The summed E-state index contributed by atoms with van der Waals surface area (Å²) in [7, 11) is 0. The van der Waals surface area contributed by atoms with Crippen molar-refractivity contribution >= 4 is 16.3 Å². The molecular formula is C9H15N3S. The largest absolute Gasteiger partial charge is 0.389 e. The average molecular weight is 197 g/mol. The van der Waals surface area contributed by atoms with Crippen molar-refractivity contribution in [2.45, 2.75) is 25.8 Å². The van der Waals surface area contributed by atoms with Gasteiger partial charge in [0.2, 0.25) is 0 Å². The lowest BCUT2D eigenvalue weighted by Gasteiger charge is -2.25. The van der Waals surface area contributed by atoms with E-state index in [1.807, 2.05) is 5.51 Å². The standard InChI is InChI=1S/C9H15N3S/c10-9-8(11-7-13-9)6-12-4-2-1-3-5-12/h7H,1-6,10H2. The monoisotopic (exact) mass is 197 g/mol. The maximum absolute atomic E-state index is 5.79. The van der Waals surface area contributed by atoms with E-state index in [0.717, 1.165) is 17.2 Å². The molecule has 1 aliphatic rings. The number of piperidine rings is 1. The zero-order chi connectivity index (χ0) is 9.10. The van der Waals surface area contributed by atoms with E-state index in [-0.39, 0.29) is 0 Å². The minimum atomic E-state index is 0.880. The number of hydrogen-bond acceptors (Lipinski definition) is 4. The van der Waals surface area contributed by atoms with Crippen molar-refractivity contribution in [1.82, 2.24) is 9.88 Å². The smallest absolute Gasteiger partial charge is 0.110 e. The summed E-state index contributed by atoms with van der Waals surface area (Å²) in [4.78, 5) is 6.70. The van der Waals surface area contributed by atoms with Gasteiger partial charge in [0.05, 0.1) is 11.2 Å². The molecule has 0 unspecified atom stereocenters. The zero-order valence-corrected chi connectivity index (χ0v) is 8.52. The van der Waals surface area contributed by atoms with Crippen molar-refractivity contribution in [1.29, 1.82) is 0 Å². The molecule has 0 bridgehead atoms. The van der Waals surface area contributed by atoms with Crippen molar-refractivity contribution in [2.75, 3.05) is 18.8 Å². The molecule has 1 saturated heterocycles. The van der Waals surface area contributed by atoms with E-state index in [9.17, 15) is 0 Å². The van der Waals surface area contributed by atoms with Crippen LogP contribution in [0.1, 0.15) is 25.0 Å². The number of hydrogen-bond donors (Lipinski definition) is 1. The zero-order valence-electron chi connectivity index (χ0n) is 7.70. The lowest BCUT2D eigenvalue weighted by Crippen LogP contribution is -2.29. The number of likely N-dealkylation sites (tertiary alicyclic amines) is 1. The molecule has 2 rings (SSSR count). The first-order valence-corrected chi connectivity index (χ1v) is 5.64. The number of nitrogen functional groups attached to an aromatic ring is 1. The Kier molecular flexibility index (Phi) is 2.80. The number of nitrogens with two attached hydrogens (primary N) is 1. The highest BCUT2D eigenvalue weighted by atomic mass is 32.1. The van der Waals surface area contributed by atoms with E-state index < -0.39 is 0 Å². The molecule has 0 amide bonds. The second kappa shape index (κ2) is 4.07. The molecule has 1 aromatic heterocycles. The summed E-state index contributed by atoms with van der Waals surface area (Å²) in [5, 5.41) is 0.880. The van der Waals surface area contributed by atoms with Crippen LogP contribution >= 0.6 is 11.3 Å².